The normalized spacial score (nSPS) is 13.5. The van der Waals surface area contributed by atoms with Crippen molar-refractivity contribution in [1.29, 1.82) is 5.26 Å². The number of methoxy groups -OCH3 is 1. The lowest BCUT2D eigenvalue weighted by Gasteiger charge is -2.12. The molecule has 3 nitrogen and oxygen atoms in total. The van der Waals surface area contributed by atoms with Gasteiger partial charge in [0.05, 0.1) is 26.2 Å². The average Bonchev–Trinajstić information content (AvgIpc) is 3.37. The predicted octanol–water partition coefficient (Wildman–Crippen LogP) is 4.22. The van der Waals surface area contributed by atoms with Crippen molar-refractivity contribution in [2.45, 2.75) is 19.3 Å². The molecule has 0 heterocycles. The second-order valence-corrected chi connectivity index (χ2v) is 5.66. The van der Waals surface area contributed by atoms with Crippen molar-refractivity contribution in [3.05, 3.63) is 48.0 Å². The van der Waals surface area contributed by atoms with E-state index in [-0.39, 0.29) is 0 Å². The molecule has 0 saturated heterocycles. The lowest BCUT2D eigenvalue weighted by Crippen LogP contribution is -2.01. The van der Waals surface area contributed by atoms with E-state index in [9.17, 15) is 0 Å². The van der Waals surface area contributed by atoms with E-state index in [1.165, 1.54) is 12.8 Å². The highest BCUT2D eigenvalue weighted by Gasteiger charge is 2.22. The maximum Gasteiger partial charge on any atom is 0.161 e. The van der Waals surface area contributed by atoms with Crippen LogP contribution in [0.2, 0.25) is 0 Å². The van der Waals surface area contributed by atoms with Crippen LogP contribution in [0.15, 0.2) is 42.5 Å². The molecular formula is C19H19NO2. The molecule has 1 fully saturated rings. The van der Waals surface area contributed by atoms with Crippen LogP contribution in [0.25, 0.3) is 11.1 Å². The van der Waals surface area contributed by atoms with Gasteiger partial charge in [-0.15, -0.1) is 0 Å². The predicted molar refractivity (Wildman–Crippen MR) is 86.0 cm³/mol. The minimum Gasteiger partial charge on any atom is -0.493 e. The van der Waals surface area contributed by atoms with Gasteiger partial charge in [0.15, 0.2) is 11.5 Å². The Kier molecular flexibility index (Phi) is 4.29. The molecule has 0 amide bonds. The second-order valence-electron chi connectivity index (χ2n) is 5.66. The maximum absolute atomic E-state index is 8.83. The molecule has 1 aliphatic rings. The Morgan fingerprint density at radius 2 is 1.91 bits per heavy atom. The smallest absolute Gasteiger partial charge is 0.161 e. The topological polar surface area (TPSA) is 42.2 Å². The summed E-state index contributed by atoms with van der Waals surface area (Å²) in [5.41, 5.74) is 3.19. The van der Waals surface area contributed by atoms with Gasteiger partial charge in [-0.1, -0.05) is 30.3 Å². The number of hydrogen-bond acceptors (Lipinski definition) is 3. The molecular weight excluding hydrogens is 274 g/mol. The van der Waals surface area contributed by atoms with Crippen molar-refractivity contribution in [3.8, 4) is 28.7 Å². The first-order valence-electron chi connectivity index (χ1n) is 7.57. The first kappa shape index (κ1) is 14.5. The number of hydrogen-bond donors (Lipinski definition) is 0. The molecule has 3 heteroatoms. The molecule has 112 valence electrons. The van der Waals surface area contributed by atoms with E-state index in [2.05, 4.69) is 12.1 Å². The summed E-state index contributed by atoms with van der Waals surface area (Å²) in [6.07, 6.45) is 2.95. The minimum atomic E-state index is 0.426. The Bertz CT molecular complexity index is 699. The van der Waals surface area contributed by atoms with Gasteiger partial charge in [0, 0.05) is 0 Å². The minimum absolute atomic E-state index is 0.426. The van der Waals surface area contributed by atoms with Crippen LogP contribution in [0, 0.1) is 17.2 Å². The van der Waals surface area contributed by atoms with Crippen molar-refractivity contribution in [2.75, 3.05) is 13.7 Å². The number of nitrogens with zero attached hydrogens (tertiary/aromatic N) is 1. The summed E-state index contributed by atoms with van der Waals surface area (Å²) in [6.45, 7) is 0.758. The average molecular weight is 293 g/mol. The summed E-state index contributed by atoms with van der Waals surface area (Å²) >= 11 is 0. The molecule has 0 aromatic heterocycles. The SMILES string of the molecule is COc1ccc(-c2cccc(CC#N)c2)cc1OCC1CC1. The van der Waals surface area contributed by atoms with E-state index in [1.807, 2.05) is 36.4 Å². The van der Waals surface area contributed by atoms with Gasteiger partial charge in [-0.25, -0.2) is 0 Å². The molecule has 0 bridgehead atoms. The molecule has 2 aromatic carbocycles. The van der Waals surface area contributed by atoms with Crippen LogP contribution < -0.4 is 9.47 Å². The van der Waals surface area contributed by atoms with Crippen LogP contribution in [0.4, 0.5) is 0 Å². The molecule has 0 unspecified atom stereocenters. The maximum atomic E-state index is 8.83. The van der Waals surface area contributed by atoms with E-state index >= 15 is 0 Å². The summed E-state index contributed by atoms with van der Waals surface area (Å²) in [5.74, 6) is 2.25. The third-order valence-corrected chi connectivity index (χ3v) is 3.88. The lowest BCUT2D eigenvalue weighted by atomic mass is 10.0. The Morgan fingerprint density at radius 1 is 1.09 bits per heavy atom. The van der Waals surface area contributed by atoms with Gasteiger partial charge in [0.1, 0.15) is 0 Å². The van der Waals surface area contributed by atoms with Gasteiger partial charge in [-0.05, 0) is 47.6 Å². The van der Waals surface area contributed by atoms with Crippen molar-refractivity contribution in [3.63, 3.8) is 0 Å². The van der Waals surface area contributed by atoms with Gasteiger partial charge in [0.25, 0.3) is 0 Å². The van der Waals surface area contributed by atoms with Gasteiger partial charge < -0.3 is 9.47 Å². The molecule has 0 atom stereocenters. The molecule has 0 radical (unpaired) electrons. The van der Waals surface area contributed by atoms with Crippen LogP contribution >= 0.6 is 0 Å². The van der Waals surface area contributed by atoms with E-state index < -0.39 is 0 Å². The summed E-state index contributed by atoms with van der Waals surface area (Å²) in [5, 5.41) is 8.83. The first-order valence-corrected chi connectivity index (χ1v) is 7.57. The van der Waals surface area contributed by atoms with Crippen molar-refractivity contribution in [1.82, 2.24) is 0 Å². The largest absolute Gasteiger partial charge is 0.493 e. The number of rotatable bonds is 6. The van der Waals surface area contributed by atoms with E-state index in [4.69, 9.17) is 14.7 Å². The van der Waals surface area contributed by atoms with E-state index in [1.54, 1.807) is 7.11 Å². The van der Waals surface area contributed by atoms with Crippen molar-refractivity contribution < 1.29 is 9.47 Å². The number of nitriles is 1. The molecule has 1 saturated carbocycles. The summed E-state index contributed by atoms with van der Waals surface area (Å²) in [6, 6.07) is 16.2. The van der Waals surface area contributed by atoms with Crippen LogP contribution in [0.1, 0.15) is 18.4 Å². The van der Waals surface area contributed by atoms with Gasteiger partial charge >= 0.3 is 0 Å². The molecule has 0 aliphatic heterocycles. The van der Waals surface area contributed by atoms with Gasteiger partial charge in [-0.2, -0.15) is 5.26 Å². The van der Waals surface area contributed by atoms with Crippen LogP contribution in [0.3, 0.4) is 0 Å². The van der Waals surface area contributed by atoms with Crippen LogP contribution in [-0.2, 0) is 6.42 Å². The molecule has 1 aliphatic carbocycles. The summed E-state index contributed by atoms with van der Waals surface area (Å²) in [7, 11) is 1.66. The van der Waals surface area contributed by atoms with Gasteiger partial charge in [-0.3, -0.25) is 0 Å². The molecule has 0 N–H and O–H groups in total. The molecule has 0 spiro atoms. The van der Waals surface area contributed by atoms with E-state index in [0.717, 1.165) is 34.8 Å². The monoisotopic (exact) mass is 293 g/mol. The molecule has 22 heavy (non-hydrogen) atoms. The lowest BCUT2D eigenvalue weighted by molar-refractivity contribution is 0.280. The zero-order valence-corrected chi connectivity index (χ0v) is 12.7. The van der Waals surface area contributed by atoms with Crippen LogP contribution in [0.5, 0.6) is 11.5 Å². The Labute approximate surface area is 131 Å². The zero-order chi connectivity index (χ0) is 15.4. The summed E-state index contributed by atoms with van der Waals surface area (Å²) < 4.78 is 11.3. The fourth-order valence-corrected chi connectivity index (χ4v) is 2.41. The zero-order valence-electron chi connectivity index (χ0n) is 12.7. The third kappa shape index (κ3) is 3.40. The Morgan fingerprint density at radius 3 is 2.64 bits per heavy atom. The molecule has 2 aromatic rings. The quantitative estimate of drug-likeness (QED) is 0.801. The summed E-state index contributed by atoms with van der Waals surface area (Å²) in [4.78, 5) is 0. The van der Waals surface area contributed by atoms with Crippen molar-refractivity contribution >= 4 is 0 Å². The van der Waals surface area contributed by atoms with E-state index in [0.29, 0.717) is 12.3 Å². The molecule has 3 rings (SSSR count). The van der Waals surface area contributed by atoms with Gasteiger partial charge in [0.2, 0.25) is 0 Å². The highest BCUT2D eigenvalue weighted by molar-refractivity contribution is 5.68. The third-order valence-electron chi connectivity index (χ3n) is 3.88. The first-order chi connectivity index (χ1) is 10.8. The number of ether oxygens (including phenoxy) is 2. The van der Waals surface area contributed by atoms with Crippen molar-refractivity contribution in [2.24, 2.45) is 5.92 Å². The Balaban J connectivity index is 1.87. The Hall–Kier alpha value is -2.47. The number of benzene rings is 2. The second kappa shape index (κ2) is 6.53. The highest BCUT2D eigenvalue weighted by Crippen LogP contribution is 2.35. The standard InChI is InChI=1S/C19H19NO2/c1-21-18-8-7-17(12-19(18)22-13-15-5-6-15)16-4-2-3-14(11-16)9-10-20/h2-4,7-8,11-12,15H,5-6,9,13H2,1H3. The highest BCUT2D eigenvalue weighted by atomic mass is 16.5. The fraction of sp³-hybridized carbons (Fsp3) is 0.316. The van der Waals surface area contributed by atoms with Crippen LogP contribution in [-0.4, -0.2) is 13.7 Å². The fourth-order valence-electron chi connectivity index (χ4n) is 2.41.